The molecule has 2 aliphatic rings. The van der Waals surface area contributed by atoms with Crippen LogP contribution in [0.15, 0.2) is 0 Å². The van der Waals surface area contributed by atoms with E-state index < -0.39 is 0 Å². The van der Waals surface area contributed by atoms with Crippen LogP contribution in [0.3, 0.4) is 0 Å². The number of hydrogen-bond donors (Lipinski definition) is 1. The summed E-state index contributed by atoms with van der Waals surface area (Å²) in [6.45, 7) is 8.03. The molecule has 0 spiro atoms. The molecule has 0 radical (unpaired) electrons. The van der Waals surface area contributed by atoms with Crippen LogP contribution in [-0.4, -0.2) is 66.6 Å². The van der Waals surface area contributed by atoms with Crippen molar-refractivity contribution >= 4 is 11.8 Å². The quantitative estimate of drug-likeness (QED) is 0.858. The van der Waals surface area contributed by atoms with E-state index in [-0.39, 0.29) is 5.54 Å². The molecule has 0 aromatic rings. The molecular formula is C15H31N3S. The first-order chi connectivity index (χ1) is 8.88. The maximum atomic E-state index is 6.23. The fourth-order valence-corrected chi connectivity index (χ4v) is 5.41. The van der Waals surface area contributed by atoms with Gasteiger partial charge in [0.25, 0.3) is 0 Å². The summed E-state index contributed by atoms with van der Waals surface area (Å²) in [5.41, 5.74) is 6.85. The van der Waals surface area contributed by atoms with Gasteiger partial charge in [-0.25, -0.2) is 0 Å². The van der Waals surface area contributed by atoms with Gasteiger partial charge in [0.15, 0.2) is 0 Å². The second-order valence-corrected chi connectivity index (χ2v) is 8.42. The zero-order valence-corrected chi connectivity index (χ0v) is 13.9. The number of nitrogens with zero attached hydrogens (tertiary/aromatic N) is 2. The minimum atomic E-state index is 0.204. The molecule has 0 aromatic carbocycles. The summed E-state index contributed by atoms with van der Waals surface area (Å²) in [4.78, 5) is 5.10. The molecule has 2 fully saturated rings. The average molecular weight is 286 g/mol. The lowest BCUT2D eigenvalue weighted by Crippen LogP contribution is -2.63. The molecule has 0 saturated carbocycles. The lowest BCUT2D eigenvalue weighted by molar-refractivity contribution is 0.0245. The fourth-order valence-electron chi connectivity index (χ4n) is 3.85. The molecule has 0 amide bonds. The summed E-state index contributed by atoms with van der Waals surface area (Å²) in [5, 5.41) is 0. The van der Waals surface area contributed by atoms with E-state index in [1.54, 1.807) is 0 Å². The van der Waals surface area contributed by atoms with Gasteiger partial charge in [-0.05, 0) is 51.1 Å². The number of likely N-dealkylation sites (N-methyl/N-ethyl adjacent to an activating group) is 2. The lowest BCUT2D eigenvalue weighted by Gasteiger charge is -2.53. The first-order valence-corrected chi connectivity index (χ1v) is 8.73. The monoisotopic (exact) mass is 285 g/mol. The van der Waals surface area contributed by atoms with Crippen molar-refractivity contribution in [2.75, 3.05) is 45.2 Å². The first kappa shape index (κ1) is 15.6. The Bertz CT molecular complexity index is 308. The molecule has 2 saturated heterocycles. The van der Waals surface area contributed by atoms with Crippen molar-refractivity contribution in [2.24, 2.45) is 11.1 Å². The van der Waals surface area contributed by atoms with Gasteiger partial charge in [0.1, 0.15) is 0 Å². The maximum absolute atomic E-state index is 6.23. The summed E-state index contributed by atoms with van der Waals surface area (Å²) >= 11 is 2.09. The highest BCUT2D eigenvalue weighted by molar-refractivity contribution is 7.99. The van der Waals surface area contributed by atoms with Crippen LogP contribution < -0.4 is 5.73 Å². The number of rotatable bonds is 3. The summed E-state index contributed by atoms with van der Waals surface area (Å²) in [6.07, 6.45) is 3.89. The molecule has 2 N–H and O–H groups in total. The standard InChI is InChI=1S/C15H31N3S/c1-14(2)9-15(10-16,12-19-11-14)18(4)13-6-5-7-17(3)8-13/h13H,5-12,16H2,1-4H3. The molecule has 2 unspecified atom stereocenters. The molecule has 4 heteroatoms. The van der Waals surface area contributed by atoms with E-state index in [0.717, 1.165) is 6.54 Å². The van der Waals surface area contributed by atoms with Gasteiger partial charge >= 0.3 is 0 Å². The van der Waals surface area contributed by atoms with Crippen molar-refractivity contribution in [3.63, 3.8) is 0 Å². The number of nitrogens with two attached hydrogens (primary N) is 1. The van der Waals surface area contributed by atoms with Gasteiger partial charge in [-0.2, -0.15) is 11.8 Å². The Balaban J connectivity index is 2.11. The zero-order chi connectivity index (χ0) is 14.1. The van der Waals surface area contributed by atoms with E-state index in [1.165, 1.54) is 43.9 Å². The molecule has 0 bridgehead atoms. The van der Waals surface area contributed by atoms with E-state index in [4.69, 9.17) is 5.73 Å². The van der Waals surface area contributed by atoms with Crippen molar-refractivity contribution < 1.29 is 0 Å². The minimum Gasteiger partial charge on any atom is -0.329 e. The zero-order valence-electron chi connectivity index (χ0n) is 13.1. The van der Waals surface area contributed by atoms with Gasteiger partial charge < -0.3 is 10.6 Å². The Morgan fingerprint density at radius 2 is 2.11 bits per heavy atom. The molecule has 2 aliphatic heterocycles. The Kier molecular flexibility index (Phi) is 4.87. The van der Waals surface area contributed by atoms with Crippen LogP contribution in [0.1, 0.15) is 33.1 Å². The van der Waals surface area contributed by atoms with Gasteiger partial charge in [-0.1, -0.05) is 13.8 Å². The second kappa shape index (κ2) is 5.92. The van der Waals surface area contributed by atoms with Crippen molar-refractivity contribution in [3.05, 3.63) is 0 Å². The van der Waals surface area contributed by atoms with Crippen LogP contribution in [-0.2, 0) is 0 Å². The largest absolute Gasteiger partial charge is 0.329 e. The summed E-state index contributed by atoms with van der Waals surface area (Å²) in [7, 11) is 4.56. The fraction of sp³-hybridized carbons (Fsp3) is 1.00. The van der Waals surface area contributed by atoms with E-state index in [9.17, 15) is 0 Å². The molecule has 2 heterocycles. The van der Waals surface area contributed by atoms with E-state index in [2.05, 4.69) is 49.5 Å². The smallest absolute Gasteiger partial charge is 0.0427 e. The van der Waals surface area contributed by atoms with Crippen molar-refractivity contribution in [3.8, 4) is 0 Å². The van der Waals surface area contributed by atoms with Gasteiger partial charge in [-0.15, -0.1) is 0 Å². The third-order valence-electron chi connectivity index (χ3n) is 4.95. The Morgan fingerprint density at radius 3 is 2.68 bits per heavy atom. The van der Waals surface area contributed by atoms with Gasteiger partial charge in [-0.3, -0.25) is 4.90 Å². The predicted molar refractivity (Wildman–Crippen MR) is 85.8 cm³/mol. The first-order valence-electron chi connectivity index (χ1n) is 7.58. The summed E-state index contributed by atoms with van der Waals surface area (Å²) < 4.78 is 0. The highest BCUT2D eigenvalue weighted by Gasteiger charge is 2.44. The maximum Gasteiger partial charge on any atom is 0.0427 e. The summed E-state index contributed by atoms with van der Waals surface area (Å²) in [6, 6.07) is 0.678. The highest BCUT2D eigenvalue weighted by atomic mass is 32.2. The predicted octanol–water partition coefficient (Wildman–Crippen LogP) is 1.87. The molecule has 3 nitrogen and oxygen atoms in total. The number of hydrogen-bond acceptors (Lipinski definition) is 4. The Morgan fingerprint density at radius 1 is 1.37 bits per heavy atom. The van der Waals surface area contributed by atoms with Crippen molar-refractivity contribution in [2.45, 2.75) is 44.7 Å². The molecular weight excluding hydrogens is 254 g/mol. The minimum absolute atomic E-state index is 0.204. The van der Waals surface area contributed by atoms with Crippen LogP contribution in [0, 0.1) is 5.41 Å². The van der Waals surface area contributed by atoms with Gasteiger partial charge in [0.05, 0.1) is 0 Å². The third-order valence-corrected chi connectivity index (χ3v) is 6.67. The average Bonchev–Trinajstić information content (AvgIpc) is 2.36. The van der Waals surface area contributed by atoms with Crippen LogP contribution in [0.5, 0.6) is 0 Å². The molecule has 2 rings (SSSR count). The third kappa shape index (κ3) is 3.46. The normalized spacial score (nSPS) is 36.6. The van der Waals surface area contributed by atoms with Gasteiger partial charge in [0.2, 0.25) is 0 Å². The molecule has 19 heavy (non-hydrogen) atoms. The van der Waals surface area contributed by atoms with Crippen LogP contribution >= 0.6 is 11.8 Å². The van der Waals surface area contributed by atoms with Crippen LogP contribution in [0.2, 0.25) is 0 Å². The van der Waals surface area contributed by atoms with E-state index >= 15 is 0 Å². The van der Waals surface area contributed by atoms with Gasteiger partial charge in [0, 0.05) is 30.4 Å². The number of thioether (sulfide) groups is 1. The van der Waals surface area contributed by atoms with Crippen LogP contribution in [0.25, 0.3) is 0 Å². The van der Waals surface area contributed by atoms with E-state index in [0.29, 0.717) is 11.5 Å². The summed E-state index contributed by atoms with van der Waals surface area (Å²) in [5.74, 6) is 2.47. The van der Waals surface area contributed by atoms with Crippen molar-refractivity contribution in [1.29, 1.82) is 0 Å². The molecule has 112 valence electrons. The Labute approximate surface area is 123 Å². The highest BCUT2D eigenvalue weighted by Crippen LogP contribution is 2.42. The second-order valence-electron chi connectivity index (χ2n) is 7.43. The number of piperidine rings is 1. The Hall–Kier alpha value is 0.230. The number of likely N-dealkylation sites (tertiary alicyclic amines) is 1. The topological polar surface area (TPSA) is 32.5 Å². The van der Waals surface area contributed by atoms with Crippen molar-refractivity contribution in [1.82, 2.24) is 9.80 Å². The van der Waals surface area contributed by atoms with Crippen LogP contribution in [0.4, 0.5) is 0 Å². The molecule has 2 atom stereocenters. The molecule has 0 aliphatic carbocycles. The lowest BCUT2D eigenvalue weighted by atomic mass is 9.78. The SMILES string of the molecule is CN1CCCC(N(C)C2(CN)CSCC(C)(C)C2)C1. The molecule has 0 aromatic heterocycles. The van der Waals surface area contributed by atoms with E-state index in [1.807, 2.05) is 0 Å².